The summed E-state index contributed by atoms with van der Waals surface area (Å²) in [4.78, 5) is 14.9. The third kappa shape index (κ3) is 7.01. The highest BCUT2D eigenvalue weighted by atomic mass is 16.5. The Morgan fingerprint density at radius 1 is 1.27 bits per heavy atom. The van der Waals surface area contributed by atoms with Crippen LogP contribution in [-0.2, 0) is 11.2 Å². The van der Waals surface area contributed by atoms with E-state index < -0.39 is 0 Å². The van der Waals surface area contributed by atoms with Gasteiger partial charge in [-0.15, -0.1) is 0 Å². The van der Waals surface area contributed by atoms with Crippen LogP contribution in [0, 0.1) is 0 Å². The van der Waals surface area contributed by atoms with Crippen LogP contribution < -0.4 is 10.6 Å². The molecule has 144 valence electrons. The van der Waals surface area contributed by atoms with Gasteiger partial charge in [0.15, 0.2) is 5.96 Å². The predicted octanol–water partition coefficient (Wildman–Crippen LogP) is 1.63. The van der Waals surface area contributed by atoms with Crippen LogP contribution in [0.1, 0.15) is 19.2 Å². The number of hydrogen-bond acceptors (Lipinski definition) is 4. The number of aromatic nitrogens is 2. The molecule has 0 aliphatic carbocycles. The maximum absolute atomic E-state index is 5.08. The lowest BCUT2D eigenvalue weighted by Gasteiger charge is -2.16. The summed E-state index contributed by atoms with van der Waals surface area (Å²) in [5.74, 6) is 1.85. The van der Waals surface area contributed by atoms with Crippen molar-refractivity contribution in [2.45, 2.75) is 19.8 Å². The first-order chi connectivity index (χ1) is 12.7. The monoisotopic (exact) mass is 360 g/mol. The van der Waals surface area contributed by atoms with Crippen LogP contribution in [0.2, 0.25) is 0 Å². The number of guanidine groups is 1. The van der Waals surface area contributed by atoms with Crippen LogP contribution in [0.5, 0.6) is 0 Å². The minimum Gasteiger partial charge on any atom is -0.385 e. The molecule has 0 spiro atoms. The highest BCUT2D eigenvalue weighted by molar-refractivity contribution is 5.79. The summed E-state index contributed by atoms with van der Waals surface area (Å²) in [6, 6.07) is 8.10. The molecule has 0 unspecified atom stereocenters. The summed E-state index contributed by atoms with van der Waals surface area (Å²) in [6.45, 7) is 7.25. The number of benzene rings is 1. The number of methoxy groups -OCH3 is 1. The van der Waals surface area contributed by atoms with Gasteiger partial charge in [0.2, 0.25) is 0 Å². The smallest absolute Gasteiger partial charge is 0.191 e. The van der Waals surface area contributed by atoms with Crippen molar-refractivity contribution in [3.8, 4) is 0 Å². The van der Waals surface area contributed by atoms with Crippen molar-refractivity contribution in [2.24, 2.45) is 4.99 Å². The molecule has 1 heterocycles. The van der Waals surface area contributed by atoms with E-state index in [1.54, 1.807) is 7.11 Å². The van der Waals surface area contributed by atoms with E-state index in [4.69, 9.17) is 4.74 Å². The maximum Gasteiger partial charge on any atom is 0.191 e. The van der Waals surface area contributed by atoms with Crippen molar-refractivity contribution in [2.75, 3.05) is 53.5 Å². The van der Waals surface area contributed by atoms with E-state index in [0.29, 0.717) is 0 Å². The first-order valence-electron chi connectivity index (χ1n) is 9.36. The van der Waals surface area contributed by atoms with Crippen molar-refractivity contribution < 1.29 is 4.74 Å². The second-order valence-corrected chi connectivity index (χ2v) is 6.29. The van der Waals surface area contributed by atoms with Gasteiger partial charge in [-0.3, -0.25) is 4.99 Å². The van der Waals surface area contributed by atoms with Crippen LogP contribution in [0.4, 0.5) is 0 Å². The van der Waals surface area contributed by atoms with E-state index in [1.807, 2.05) is 24.3 Å². The normalized spacial score (nSPS) is 12.1. The number of rotatable bonds is 11. The SMILES string of the molecule is CCNC(=NCCN(C)CCCOC)NCCc1nc2ccccc2[nH]1. The molecule has 0 radical (unpaired) electrons. The molecule has 2 rings (SSSR count). The molecule has 0 fully saturated rings. The zero-order chi connectivity index (χ0) is 18.6. The first-order valence-corrected chi connectivity index (χ1v) is 9.36. The van der Waals surface area contributed by atoms with Crippen LogP contribution in [-0.4, -0.2) is 74.3 Å². The van der Waals surface area contributed by atoms with Crippen molar-refractivity contribution in [3.05, 3.63) is 30.1 Å². The lowest BCUT2D eigenvalue weighted by atomic mass is 10.3. The highest BCUT2D eigenvalue weighted by Crippen LogP contribution is 2.10. The lowest BCUT2D eigenvalue weighted by molar-refractivity contribution is 0.180. The molecule has 0 bridgehead atoms. The van der Waals surface area contributed by atoms with Crippen LogP contribution in [0.15, 0.2) is 29.3 Å². The summed E-state index contributed by atoms with van der Waals surface area (Å²) < 4.78 is 5.08. The second kappa shape index (κ2) is 11.5. The lowest BCUT2D eigenvalue weighted by Crippen LogP contribution is -2.39. The van der Waals surface area contributed by atoms with Crippen molar-refractivity contribution >= 4 is 17.0 Å². The molecule has 0 aliphatic heterocycles. The van der Waals surface area contributed by atoms with Gasteiger partial charge in [-0.1, -0.05) is 12.1 Å². The fourth-order valence-corrected chi connectivity index (χ4v) is 2.69. The Kier molecular flexibility index (Phi) is 8.92. The summed E-state index contributed by atoms with van der Waals surface area (Å²) in [6.07, 6.45) is 1.88. The number of nitrogens with one attached hydrogen (secondary N) is 3. The van der Waals surface area contributed by atoms with Crippen molar-refractivity contribution in [3.63, 3.8) is 0 Å². The van der Waals surface area contributed by atoms with Crippen LogP contribution in [0.3, 0.4) is 0 Å². The number of H-pyrrole nitrogens is 1. The molecule has 1 aromatic heterocycles. The van der Waals surface area contributed by atoms with Gasteiger partial charge in [0.25, 0.3) is 0 Å². The van der Waals surface area contributed by atoms with Crippen molar-refractivity contribution in [1.82, 2.24) is 25.5 Å². The Labute approximate surface area is 156 Å². The van der Waals surface area contributed by atoms with E-state index >= 15 is 0 Å². The Hall–Kier alpha value is -2.12. The first kappa shape index (κ1) is 20.2. The summed E-state index contributed by atoms with van der Waals surface area (Å²) in [5, 5.41) is 6.67. The van der Waals surface area contributed by atoms with Gasteiger partial charge in [-0.05, 0) is 32.5 Å². The minimum atomic E-state index is 0.767. The van der Waals surface area contributed by atoms with E-state index in [1.165, 1.54) is 0 Å². The number of hydrogen-bond donors (Lipinski definition) is 3. The molecule has 0 aliphatic rings. The molecule has 1 aromatic carbocycles. The summed E-state index contributed by atoms with van der Waals surface area (Å²) in [5.41, 5.74) is 2.10. The zero-order valence-corrected chi connectivity index (χ0v) is 16.2. The molecule has 0 amide bonds. The molecular weight excluding hydrogens is 328 g/mol. The third-order valence-electron chi connectivity index (χ3n) is 4.08. The quantitative estimate of drug-likeness (QED) is 0.323. The maximum atomic E-state index is 5.08. The molecule has 26 heavy (non-hydrogen) atoms. The second-order valence-electron chi connectivity index (χ2n) is 6.29. The van der Waals surface area contributed by atoms with Gasteiger partial charge in [0.05, 0.1) is 17.6 Å². The molecule has 0 atom stereocenters. The van der Waals surface area contributed by atoms with Gasteiger partial charge in [0, 0.05) is 46.3 Å². The minimum absolute atomic E-state index is 0.767. The standard InChI is InChI=1S/C19H32N6O/c1-4-20-19(22-12-14-25(2)13-7-15-26-3)21-11-10-18-23-16-8-5-6-9-17(16)24-18/h5-6,8-9H,4,7,10-15H2,1-3H3,(H,23,24)(H2,20,21,22). The number of aliphatic imine (C=N–C) groups is 1. The molecule has 7 nitrogen and oxygen atoms in total. The zero-order valence-electron chi connectivity index (χ0n) is 16.2. The number of likely N-dealkylation sites (N-methyl/N-ethyl adjacent to an activating group) is 1. The summed E-state index contributed by atoms with van der Waals surface area (Å²) in [7, 11) is 3.86. The molecule has 7 heteroatoms. The average molecular weight is 361 g/mol. The molecule has 3 N–H and O–H groups in total. The molecule has 0 saturated heterocycles. The number of para-hydroxylation sites is 2. The van der Waals surface area contributed by atoms with Gasteiger partial charge >= 0.3 is 0 Å². The third-order valence-corrected chi connectivity index (χ3v) is 4.08. The Balaban J connectivity index is 1.74. The van der Waals surface area contributed by atoms with Crippen LogP contribution in [0.25, 0.3) is 11.0 Å². The molecular formula is C19H32N6O. The fourth-order valence-electron chi connectivity index (χ4n) is 2.69. The van der Waals surface area contributed by atoms with Gasteiger partial charge in [0.1, 0.15) is 5.82 Å². The van der Waals surface area contributed by atoms with E-state index in [-0.39, 0.29) is 0 Å². The van der Waals surface area contributed by atoms with Gasteiger partial charge in [-0.2, -0.15) is 0 Å². The molecule has 0 saturated carbocycles. The number of imidazole rings is 1. The number of ether oxygens (including phenoxy) is 1. The number of aromatic amines is 1. The topological polar surface area (TPSA) is 77.6 Å². The Morgan fingerprint density at radius 3 is 2.88 bits per heavy atom. The Bertz CT molecular complexity index is 636. The number of nitrogens with zero attached hydrogens (tertiary/aromatic N) is 3. The predicted molar refractivity (Wildman–Crippen MR) is 108 cm³/mol. The van der Waals surface area contributed by atoms with Gasteiger partial charge < -0.3 is 25.3 Å². The van der Waals surface area contributed by atoms with Gasteiger partial charge in [-0.25, -0.2) is 4.98 Å². The van der Waals surface area contributed by atoms with E-state index in [0.717, 1.165) is 75.0 Å². The number of fused-ring (bicyclic) bond motifs is 1. The van der Waals surface area contributed by atoms with Crippen molar-refractivity contribution in [1.29, 1.82) is 0 Å². The Morgan fingerprint density at radius 2 is 2.12 bits per heavy atom. The van der Waals surface area contributed by atoms with E-state index in [2.05, 4.69) is 44.5 Å². The fraction of sp³-hybridized carbons (Fsp3) is 0.579. The molecule has 2 aromatic rings. The largest absolute Gasteiger partial charge is 0.385 e. The average Bonchev–Trinajstić information content (AvgIpc) is 3.04. The van der Waals surface area contributed by atoms with Crippen LogP contribution >= 0.6 is 0 Å². The van der Waals surface area contributed by atoms with E-state index in [9.17, 15) is 0 Å². The highest BCUT2D eigenvalue weighted by Gasteiger charge is 2.03. The summed E-state index contributed by atoms with van der Waals surface area (Å²) >= 11 is 0.